The van der Waals surface area contributed by atoms with Gasteiger partial charge in [0.15, 0.2) is 0 Å². The molecule has 0 amide bonds. The van der Waals surface area contributed by atoms with E-state index in [0.717, 1.165) is 38.3 Å². The number of methoxy groups -OCH3 is 1. The monoisotopic (exact) mass is 356 g/mol. The molecule has 8 heteroatoms. The number of likely N-dealkylation sites (tertiary alicyclic amines) is 1. The van der Waals surface area contributed by atoms with E-state index < -0.39 is 10.0 Å². The van der Waals surface area contributed by atoms with Crippen LogP contribution in [0.4, 0.5) is 5.69 Å². The van der Waals surface area contributed by atoms with E-state index in [2.05, 4.69) is 14.7 Å². The highest BCUT2D eigenvalue weighted by Gasteiger charge is 2.35. The lowest BCUT2D eigenvalue weighted by molar-refractivity contribution is 0.106. The largest absolute Gasteiger partial charge is 0.383 e. The van der Waals surface area contributed by atoms with Gasteiger partial charge in [-0.15, -0.1) is 0 Å². The van der Waals surface area contributed by atoms with Crippen molar-refractivity contribution in [1.82, 2.24) is 14.7 Å². The van der Waals surface area contributed by atoms with Crippen LogP contribution in [-0.2, 0) is 14.8 Å². The zero-order chi connectivity index (χ0) is 17.2. The normalized spacial score (nSPS) is 26.2. The minimum atomic E-state index is -3.27. The van der Waals surface area contributed by atoms with Crippen LogP contribution in [0.3, 0.4) is 0 Å². The lowest BCUT2D eigenvalue weighted by Gasteiger charge is -2.26. The van der Waals surface area contributed by atoms with Crippen molar-refractivity contribution in [1.29, 1.82) is 0 Å². The molecular formula is C16H28N4O3S. The SMILES string of the molecule is COC[C@@H]1C[C@H](n2cc(NS(C)(=O)=O)cn2)CN1CC1CCCC1. The summed E-state index contributed by atoms with van der Waals surface area (Å²) in [6.45, 7) is 2.82. The molecule has 1 aromatic heterocycles. The standard InChI is InChI=1S/C16H28N4O3S/c1-23-12-16-7-15(11-19(16)9-13-5-3-4-6-13)20-10-14(8-17-20)18-24(2,21)22/h8,10,13,15-16,18H,3-7,9,11-12H2,1-2H3/t15-,16-/m0/s1. The molecule has 0 radical (unpaired) electrons. The lowest BCUT2D eigenvalue weighted by atomic mass is 10.1. The number of hydrogen-bond acceptors (Lipinski definition) is 5. The van der Waals surface area contributed by atoms with Crippen LogP contribution < -0.4 is 4.72 Å². The maximum absolute atomic E-state index is 11.3. The number of anilines is 1. The molecule has 0 unspecified atom stereocenters. The molecule has 1 aliphatic heterocycles. The van der Waals surface area contributed by atoms with Gasteiger partial charge in [-0.2, -0.15) is 5.10 Å². The van der Waals surface area contributed by atoms with Gasteiger partial charge in [0.2, 0.25) is 10.0 Å². The van der Waals surface area contributed by atoms with Crippen molar-refractivity contribution in [2.45, 2.75) is 44.2 Å². The van der Waals surface area contributed by atoms with Crippen molar-refractivity contribution in [3.05, 3.63) is 12.4 Å². The molecule has 1 saturated carbocycles. The average molecular weight is 356 g/mol. The van der Waals surface area contributed by atoms with E-state index in [0.29, 0.717) is 11.7 Å². The predicted octanol–water partition coefficient (Wildman–Crippen LogP) is 1.71. The summed E-state index contributed by atoms with van der Waals surface area (Å²) in [6, 6.07) is 0.679. The van der Waals surface area contributed by atoms with E-state index in [1.807, 2.05) is 4.68 Å². The lowest BCUT2D eigenvalue weighted by Crippen LogP contribution is -2.36. The van der Waals surface area contributed by atoms with Gasteiger partial charge in [-0.25, -0.2) is 8.42 Å². The third kappa shape index (κ3) is 4.49. The number of hydrogen-bond donors (Lipinski definition) is 1. The molecular weight excluding hydrogens is 328 g/mol. The first-order valence-corrected chi connectivity index (χ1v) is 10.6. The van der Waals surface area contributed by atoms with Gasteiger partial charge in [0.25, 0.3) is 0 Å². The topological polar surface area (TPSA) is 76.5 Å². The molecule has 2 heterocycles. The van der Waals surface area contributed by atoms with E-state index in [9.17, 15) is 8.42 Å². The highest BCUT2D eigenvalue weighted by molar-refractivity contribution is 7.92. The quantitative estimate of drug-likeness (QED) is 0.805. The smallest absolute Gasteiger partial charge is 0.229 e. The number of rotatable bonds is 7. The van der Waals surface area contributed by atoms with Crippen LogP contribution in [0.5, 0.6) is 0 Å². The van der Waals surface area contributed by atoms with E-state index in [4.69, 9.17) is 4.74 Å². The summed E-state index contributed by atoms with van der Waals surface area (Å²) in [6.07, 6.45) is 10.9. The minimum absolute atomic E-state index is 0.265. The van der Waals surface area contributed by atoms with Crippen molar-refractivity contribution in [2.24, 2.45) is 5.92 Å². The molecule has 3 rings (SSSR count). The zero-order valence-electron chi connectivity index (χ0n) is 14.5. The number of ether oxygens (including phenoxy) is 1. The van der Waals surface area contributed by atoms with Crippen molar-refractivity contribution in [3.63, 3.8) is 0 Å². The van der Waals surface area contributed by atoms with E-state index in [-0.39, 0.29) is 6.04 Å². The molecule has 0 spiro atoms. The van der Waals surface area contributed by atoms with E-state index in [1.165, 1.54) is 25.7 Å². The molecule has 7 nitrogen and oxygen atoms in total. The first-order valence-electron chi connectivity index (χ1n) is 8.69. The van der Waals surface area contributed by atoms with Gasteiger partial charge in [-0.1, -0.05) is 12.8 Å². The number of aromatic nitrogens is 2. The maximum Gasteiger partial charge on any atom is 0.229 e. The number of nitrogens with one attached hydrogen (secondary N) is 1. The van der Waals surface area contributed by atoms with Crippen LogP contribution in [0.25, 0.3) is 0 Å². The van der Waals surface area contributed by atoms with Crippen LogP contribution in [0, 0.1) is 5.92 Å². The summed E-state index contributed by atoms with van der Waals surface area (Å²) in [5.74, 6) is 0.809. The third-order valence-electron chi connectivity index (χ3n) is 5.11. The Labute approximate surface area is 144 Å². The number of nitrogens with zero attached hydrogens (tertiary/aromatic N) is 3. The highest BCUT2D eigenvalue weighted by Crippen LogP contribution is 2.32. The minimum Gasteiger partial charge on any atom is -0.383 e. The Morgan fingerprint density at radius 2 is 2.12 bits per heavy atom. The van der Waals surface area contributed by atoms with Crippen LogP contribution in [0.1, 0.15) is 38.1 Å². The molecule has 1 N–H and O–H groups in total. The molecule has 24 heavy (non-hydrogen) atoms. The zero-order valence-corrected chi connectivity index (χ0v) is 15.3. The fourth-order valence-electron chi connectivity index (χ4n) is 4.07. The Balaban J connectivity index is 1.65. The fourth-order valence-corrected chi connectivity index (χ4v) is 4.60. The molecule has 2 fully saturated rings. The van der Waals surface area contributed by atoms with Crippen molar-refractivity contribution < 1.29 is 13.2 Å². The molecule has 2 atom stereocenters. The van der Waals surface area contributed by atoms with Gasteiger partial charge < -0.3 is 4.74 Å². The van der Waals surface area contributed by atoms with Gasteiger partial charge in [0.05, 0.1) is 30.8 Å². The molecule has 1 saturated heterocycles. The fraction of sp³-hybridized carbons (Fsp3) is 0.812. The molecule has 0 aromatic carbocycles. The average Bonchev–Trinajstić information content (AvgIpc) is 3.20. The van der Waals surface area contributed by atoms with Gasteiger partial charge >= 0.3 is 0 Å². The third-order valence-corrected chi connectivity index (χ3v) is 5.72. The second-order valence-electron chi connectivity index (χ2n) is 7.19. The molecule has 1 aromatic rings. The first-order chi connectivity index (χ1) is 11.4. The summed E-state index contributed by atoms with van der Waals surface area (Å²) in [7, 11) is -1.51. The van der Waals surface area contributed by atoms with Gasteiger partial charge in [0, 0.05) is 32.4 Å². The summed E-state index contributed by atoms with van der Waals surface area (Å²) in [5.41, 5.74) is 0.523. The Morgan fingerprint density at radius 1 is 1.38 bits per heavy atom. The Kier molecular flexibility index (Phi) is 5.46. The van der Waals surface area contributed by atoms with Gasteiger partial charge in [-0.05, 0) is 25.2 Å². The second kappa shape index (κ2) is 7.41. The summed E-state index contributed by atoms with van der Waals surface area (Å²) < 4.78 is 32.5. The Bertz CT molecular complexity index is 640. The highest BCUT2D eigenvalue weighted by atomic mass is 32.2. The molecule has 2 aliphatic rings. The predicted molar refractivity (Wildman–Crippen MR) is 93.5 cm³/mol. The van der Waals surface area contributed by atoms with Crippen LogP contribution >= 0.6 is 0 Å². The summed E-state index contributed by atoms with van der Waals surface area (Å²) in [4.78, 5) is 2.54. The van der Waals surface area contributed by atoms with Crippen LogP contribution in [0.15, 0.2) is 12.4 Å². The van der Waals surface area contributed by atoms with Crippen LogP contribution in [-0.4, -0.2) is 62.2 Å². The molecule has 1 aliphatic carbocycles. The van der Waals surface area contributed by atoms with Crippen molar-refractivity contribution in [3.8, 4) is 0 Å². The maximum atomic E-state index is 11.3. The van der Waals surface area contributed by atoms with E-state index in [1.54, 1.807) is 19.5 Å². The molecule has 136 valence electrons. The molecule has 0 bridgehead atoms. The van der Waals surface area contributed by atoms with Gasteiger partial charge in [0.1, 0.15) is 0 Å². The van der Waals surface area contributed by atoms with Crippen LogP contribution in [0.2, 0.25) is 0 Å². The second-order valence-corrected chi connectivity index (χ2v) is 8.93. The van der Waals surface area contributed by atoms with Crippen molar-refractivity contribution >= 4 is 15.7 Å². The van der Waals surface area contributed by atoms with E-state index >= 15 is 0 Å². The first kappa shape index (κ1) is 17.7. The Morgan fingerprint density at radius 3 is 2.79 bits per heavy atom. The summed E-state index contributed by atoms with van der Waals surface area (Å²) in [5, 5.41) is 4.37. The van der Waals surface area contributed by atoms with Crippen molar-refractivity contribution in [2.75, 3.05) is 37.8 Å². The Hall–Kier alpha value is -1.12. The number of sulfonamides is 1. The van der Waals surface area contributed by atoms with Gasteiger partial charge in [-0.3, -0.25) is 14.3 Å². The summed E-state index contributed by atoms with van der Waals surface area (Å²) >= 11 is 0.